The van der Waals surface area contributed by atoms with Crippen molar-refractivity contribution in [3.63, 3.8) is 0 Å². The van der Waals surface area contributed by atoms with E-state index in [9.17, 15) is 4.79 Å². The van der Waals surface area contributed by atoms with Crippen LogP contribution in [0.15, 0.2) is 59.1 Å². The van der Waals surface area contributed by atoms with Gasteiger partial charge in [0.15, 0.2) is 0 Å². The van der Waals surface area contributed by atoms with Gasteiger partial charge in [0.1, 0.15) is 23.8 Å². The van der Waals surface area contributed by atoms with Gasteiger partial charge in [-0.2, -0.15) is 0 Å². The summed E-state index contributed by atoms with van der Waals surface area (Å²) in [6.45, 7) is 4.81. The van der Waals surface area contributed by atoms with Gasteiger partial charge in [-0.25, -0.2) is 0 Å². The van der Waals surface area contributed by atoms with E-state index < -0.39 is 0 Å². The molecule has 6 nitrogen and oxygen atoms in total. The summed E-state index contributed by atoms with van der Waals surface area (Å²) < 4.78 is 11.0. The van der Waals surface area contributed by atoms with Crippen molar-refractivity contribution in [2.75, 3.05) is 6.54 Å². The van der Waals surface area contributed by atoms with Gasteiger partial charge in [-0.1, -0.05) is 35.5 Å². The quantitative estimate of drug-likeness (QED) is 0.493. The number of H-pyrrole nitrogens is 1. The van der Waals surface area contributed by atoms with Gasteiger partial charge in [-0.3, -0.25) is 4.79 Å². The second-order valence-electron chi connectivity index (χ2n) is 7.01. The molecule has 0 aliphatic heterocycles. The van der Waals surface area contributed by atoms with E-state index in [4.69, 9.17) is 9.26 Å². The molecular formula is C23H23N3O3. The third-order valence-electron chi connectivity index (χ3n) is 4.93. The Kier molecular flexibility index (Phi) is 5.33. The maximum absolute atomic E-state index is 12.5. The fourth-order valence-electron chi connectivity index (χ4n) is 3.31. The van der Waals surface area contributed by atoms with E-state index >= 15 is 0 Å². The van der Waals surface area contributed by atoms with E-state index in [0.29, 0.717) is 25.3 Å². The molecule has 2 N–H and O–H groups in total. The molecule has 0 saturated heterocycles. The highest BCUT2D eigenvalue weighted by atomic mass is 16.5. The smallest absolute Gasteiger partial charge is 0.267 e. The summed E-state index contributed by atoms with van der Waals surface area (Å²) in [4.78, 5) is 15.7. The number of fused-ring (bicyclic) bond motifs is 1. The van der Waals surface area contributed by atoms with Crippen molar-refractivity contribution in [1.82, 2.24) is 15.5 Å². The van der Waals surface area contributed by atoms with Gasteiger partial charge in [-0.05, 0) is 44.0 Å². The minimum absolute atomic E-state index is 0.139. The molecule has 0 radical (unpaired) electrons. The zero-order valence-corrected chi connectivity index (χ0v) is 16.5. The number of rotatable bonds is 7. The zero-order valence-electron chi connectivity index (χ0n) is 16.5. The van der Waals surface area contributed by atoms with E-state index in [2.05, 4.69) is 15.5 Å². The fourth-order valence-corrected chi connectivity index (χ4v) is 3.31. The third-order valence-corrected chi connectivity index (χ3v) is 4.93. The summed E-state index contributed by atoms with van der Waals surface area (Å²) in [7, 11) is 0. The predicted molar refractivity (Wildman–Crippen MR) is 111 cm³/mol. The van der Waals surface area contributed by atoms with E-state index in [-0.39, 0.29) is 5.91 Å². The van der Waals surface area contributed by atoms with Crippen LogP contribution in [0.2, 0.25) is 0 Å². The number of nitrogens with zero attached hydrogens (tertiary/aromatic N) is 1. The van der Waals surface area contributed by atoms with Crippen molar-refractivity contribution in [3.8, 4) is 5.75 Å². The van der Waals surface area contributed by atoms with Gasteiger partial charge in [0.25, 0.3) is 5.91 Å². The zero-order chi connectivity index (χ0) is 20.2. The van der Waals surface area contributed by atoms with Gasteiger partial charge in [0, 0.05) is 29.1 Å². The normalized spacial score (nSPS) is 11.0. The highest BCUT2D eigenvalue weighted by molar-refractivity contribution is 5.98. The molecule has 0 atom stereocenters. The first-order valence-corrected chi connectivity index (χ1v) is 9.59. The first-order chi connectivity index (χ1) is 14.1. The van der Waals surface area contributed by atoms with Crippen molar-refractivity contribution >= 4 is 16.8 Å². The summed E-state index contributed by atoms with van der Waals surface area (Å²) in [5.74, 6) is 1.42. The summed E-state index contributed by atoms with van der Waals surface area (Å²) >= 11 is 0. The molecule has 0 saturated carbocycles. The lowest BCUT2D eigenvalue weighted by molar-refractivity contribution is 0.0950. The SMILES string of the molecule is Cc1noc(C)c1CCNC(=O)c1cc2ccc(OCc3ccccc3)cc2[nH]1. The number of ether oxygens (including phenoxy) is 1. The van der Waals surface area contributed by atoms with E-state index in [1.54, 1.807) is 0 Å². The lowest BCUT2D eigenvalue weighted by Gasteiger charge is -2.06. The number of aromatic nitrogens is 2. The molecule has 29 heavy (non-hydrogen) atoms. The highest BCUT2D eigenvalue weighted by Crippen LogP contribution is 2.22. The highest BCUT2D eigenvalue weighted by Gasteiger charge is 2.12. The lowest BCUT2D eigenvalue weighted by atomic mass is 10.1. The molecule has 0 spiro atoms. The Hall–Kier alpha value is -3.54. The molecule has 0 bridgehead atoms. The molecule has 2 aromatic heterocycles. The average molecular weight is 389 g/mol. The molecule has 0 aliphatic rings. The van der Waals surface area contributed by atoms with Crippen LogP contribution in [-0.2, 0) is 13.0 Å². The first kappa shape index (κ1) is 18.8. The van der Waals surface area contributed by atoms with Crippen LogP contribution >= 0.6 is 0 Å². The number of carbonyl (C=O) groups is 1. The molecule has 2 heterocycles. The number of amides is 1. The molecule has 1 amide bonds. The van der Waals surface area contributed by atoms with Gasteiger partial charge in [0.2, 0.25) is 0 Å². The Morgan fingerprint density at radius 1 is 1.14 bits per heavy atom. The summed E-state index contributed by atoms with van der Waals surface area (Å²) in [6, 6.07) is 17.6. The second kappa shape index (κ2) is 8.22. The van der Waals surface area contributed by atoms with Crippen molar-refractivity contribution in [2.24, 2.45) is 0 Å². The van der Waals surface area contributed by atoms with Crippen molar-refractivity contribution in [3.05, 3.63) is 82.9 Å². The Morgan fingerprint density at radius 2 is 1.97 bits per heavy atom. The maximum Gasteiger partial charge on any atom is 0.267 e. The predicted octanol–water partition coefficient (Wildman–Crippen LogP) is 4.32. The molecule has 2 aromatic carbocycles. The molecule has 4 aromatic rings. The van der Waals surface area contributed by atoms with Crippen molar-refractivity contribution in [2.45, 2.75) is 26.9 Å². The van der Waals surface area contributed by atoms with Crippen molar-refractivity contribution in [1.29, 1.82) is 0 Å². The van der Waals surface area contributed by atoms with Gasteiger partial charge in [-0.15, -0.1) is 0 Å². The first-order valence-electron chi connectivity index (χ1n) is 9.59. The summed E-state index contributed by atoms with van der Waals surface area (Å²) in [6.07, 6.45) is 0.685. The molecular weight excluding hydrogens is 366 g/mol. The second-order valence-corrected chi connectivity index (χ2v) is 7.01. The maximum atomic E-state index is 12.5. The lowest BCUT2D eigenvalue weighted by Crippen LogP contribution is -2.26. The van der Waals surface area contributed by atoms with Crippen LogP contribution in [0.25, 0.3) is 10.9 Å². The molecule has 6 heteroatoms. The Bertz CT molecular complexity index is 1110. The number of carbonyl (C=O) groups excluding carboxylic acids is 1. The third kappa shape index (κ3) is 4.32. The molecule has 148 valence electrons. The molecule has 4 rings (SSSR count). The van der Waals surface area contributed by atoms with Gasteiger partial charge in [0.05, 0.1) is 5.69 Å². The minimum atomic E-state index is -0.139. The Balaban J connectivity index is 1.38. The number of hydrogen-bond donors (Lipinski definition) is 2. The number of aromatic amines is 1. The van der Waals surface area contributed by atoms with Crippen LogP contribution in [-0.4, -0.2) is 22.6 Å². The van der Waals surface area contributed by atoms with Gasteiger partial charge < -0.3 is 19.6 Å². The van der Waals surface area contributed by atoms with Crippen molar-refractivity contribution < 1.29 is 14.1 Å². The number of aryl methyl sites for hydroxylation is 2. The number of benzene rings is 2. The molecule has 0 unspecified atom stereocenters. The number of nitrogens with one attached hydrogen (secondary N) is 2. The average Bonchev–Trinajstić information content (AvgIpc) is 3.30. The Labute approximate surface area is 168 Å². The van der Waals surface area contributed by atoms with E-state index in [0.717, 1.165) is 39.2 Å². The van der Waals surface area contributed by atoms with E-state index in [1.165, 1.54) is 0 Å². The topological polar surface area (TPSA) is 80.2 Å². The largest absolute Gasteiger partial charge is 0.489 e. The molecule has 0 aliphatic carbocycles. The number of hydrogen-bond acceptors (Lipinski definition) is 4. The van der Waals surface area contributed by atoms with E-state index in [1.807, 2.05) is 68.4 Å². The van der Waals surface area contributed by atoms with Crippen LogP contribution in [0.1, 0.15) is 33.1 Å². The van der Waals surface area contributed by atoms with Crippen LogP contribution in [0, 0.1) is 13.8 Å². The van der Waals surface area contributed by atoms with Crippen LogP contribution in [0.5, 0.6) is 5.75 Å². The Morgan fingerprint density at radius 3 is 2.72 bits per heavy atom. The van der Waals surface area contributed by atoms with Crippen LogP contribution < -0.4 is 10.1 Å². The summed E-state index contributed by atoms with van der Waals surface area (Å²) in [5.41, 5.74) is 4.41. The monoisotopic (exact) mass is 389 g/mol. The molecule has 0 fully saturated rings. The summed E-state index contributed by atoms with van der Waals surface area (Å²) in [5, 5.41) is 7.85. The minimum Gasteiger partial charge on any atom is -0.489 e. The van der Waals surface area contributed by atoms with Gasteiger partial charge >= 0.3 is 0 Å². The van der Waals surface area contributed by atoms with Crippen LogP contribution in [0.4, 0.5) is 0 Å². The fraction of sp³-hybridized carbons (Fsp3) is 0.217. The van der Waals surface area contributed by atoms with Crippen LogP contribution in [0.3, 0.4) is 0 Å². The standard InChI is InChI=1S/C23H23N3O3/c1-15-20(16(2)29-26-15)10-11-24-23(27)22-12-18-8-9-19(13-21(18)25-22)28-14-17-6-4-3-5-7-17/h3-9,12-13,25H,10-11,14H2,1-2H3,(H,24,27).